The number of benzene rings is 3. The number of ether oxygens (including phenoxy) is 4. The molecule has 0 amide bonds. The van der Waals surface area contributed by atoms with Gasteiger partial charge in [-0.1, -0.05) is 20.3 Å². The van der Waals surface area contributed by atoms with E-state index in [1.54, 1.807) is 57.5 Å². The number of nitrogens with zero attached hydrogens (tertiary/aromatic N) is 3. The molecule has 0 saturated heterocycles. The quantitative estimate of drug-likeness (QED) is 0.118. The summed E-state index contributed by atoms with van der Waals surface area (Å²) in [6.07, 6.45) is 2.63. The van der Waals surface area contributed by atoms with E-state index in [1.165, 1.54) is 18.2 Å². The van der Waals surface area contributed by atoms with E-state index >= 15 is 0 Å². The minimum absolute atomic E-state index is 0.0888. The summed E-state index contributed by atoms with van der Waals surface area (Å²) in [7, 11) is 3.25. The Morgan fingerprint density at radius 3 is 1.48 bits per heavy atom. The van der Waals surface area contributed by atoms with Crippen molar-refractivity contribution in [2.75, 3.05) is 27.4 Å². The van der Waals surface area contributed by atoms with Crippen LogP contribution in [-0.4, -0.2) is 70.1 Å². The maximum atomic E-state index is 11.0. The highest BCUT2D eigenvalue weighted by Crippen LogP contribution is 2.37. The largest absolute Gasteiger partial charge is 0.507 e. The topological polar surface area (TPSA) is 153 Å². The number of unbranched alkanes of at least 4 members (excludes halogenated alkanes) is 1. The van der Waals surface area contributed by atoms with Gasteiger partial charge in [-0.2, -0.15) is 0 Å². The molecular weight excluding hydrogens is 566 g/mol. The first kappa shape index (κ1) is 33.6. The number of methoxy groups -OCH3 is 1. The molecule has 1 aromatic heterocycles. The van der Waals surface area contributed by atoms with Gasteiger partial charge in [0.15, 0.2) is 29.9 Å². The van der Waals surface area contributed by atoms with Gasteiger partial charge in [-0.15, -0.1) is 0 Å². The summed E-state index contributed by atoms with van der Waals surface area (Å²) in [5.41, 5.74) is 0.860. The number of aromatic nitrogens is 3. The van der Waals surface area contributed by atoms with Crippen molar-refractivity contribution in [1.82, 2.24) is 15.0 Å². The Morgan fingerprint density at radius 1 is 0.682 bits per heavy atom. The molecule has 4 aromatic rings. The molecule has 0 aliphatic rings. The lowest BCUT2D eigenvalue weighted by molar-refractivity contribution is -0.113. The number of carbonyl (C=O) groups is 1. The van der Waals surface area contributed by atoms with Crippen LogP contribution in [0.15, 0.2) is 54.6 Å². The standard InChI is InChI=1S/C31H33N3O7.C2H6O/c1-4-6-14-40-21-8-11-24(27(37)16-21)30-32-29(23-10-7-20(15-26(23)36)39-13-5-2)33-31(34-30)25-12-9-22(17-28(25)38)41-19(3)18-35;1-3-2/h7-12,15-19,36-38H,4-6,13-14H2,1-3H3;1-2H3. The van der Waals surface area contributed by atoms with Crippen molar-refractivity contribution in [3.63, 3.8) is 0 Å². The molecule has 1 unspecified atom stereocenters. The normalized spacial score (nSPS) is 11.2. The van der Waals surface area contributed by atoms with Crippen LogP contribution >= 0.6 is 0 Å². The number of aldehydes is 1. The summed E-state index contributed by atoms with van der Waals surface area (Å²) in [6.45, 7) is 6.66. The van der Waals surface area contributed by atoms with Crippen molar-refractivity contribution in [1.29, 1.82) is 0 Å². The number of rotatable bonds is 13. The van der Waals surface area contributed by atoms with E-state index in [2.05, 4.69) is 26.6 Å². The molecule has 44 heavy (non-hydrogen) atoms. The van der Waals surface area contributed by atoms with Gasteiger partial charge in [0.05, 0.1) is 29.9 Å². The minimum Gasteiger partial charge on any atom is -0.507 e. The van der Waals surface area contributed by atoms with E-state index in [0.717, 1.165) is 19.3 Å². The van der Waals surface area contributed by atoms with Crippen LogP contribution in [0.25, 0.3) is 34.2 Å². The van der Waals surface area contributed by atoms with Crippen molar-refractivity contribution in [3.8, 4) is 68.7 Å². The van der Waals surface area contributed by atoms with Gasteiger partial charge in [-0.05, 0) is 56.2 Å². The molecule has 11 nitrogen and oxygen atoms in total. The van der Waals surface area contributed by atoms with Crippen molar-refractivity contribution in [2.24, 2.45) is 0 Å². The number of phenols is 3. The Hall–Kier alpha value is -4.90. The predicted molar refractivity (Wildman–Crippen MR) is 166 cm³/mol. The number of phenolic OH excluding ortho intramolecular Hbond substituents is 3. The summed E-state index contributed by atoms with van der Waals surface area (Å²) < 4.78 is 21.0. The molecule has 0 radical (unpaired) electrons. The minimum atomic E-state index is -0.695. The molecular formula is C33H39N3O8. The Bertz CT molecular complexity index is 1530. The third-order valence-corrected chi connectivity index (χ3v) is 6.02. The van der Waals surface area contributed by atoms with Gasteiger partial charge in [0.2, 0.25) is 0 Å². The number of carbonyl (C=O) groups excluding carboxylic acids is 1. The van der Waals surface area contributed by atoms with Gasteiger partial charge in [0, 0.05) is 32.4 Å². The van der Waals surface area contributed by atoms with Crippen molar-refractivity contribution >= 4 is 6.29 Å². The Kier molecular flexibility index (Phi) is 12.7. The van der Waals surface area contributed by atoms with Crippen LogP contribution in [0.3, 0.4) is 0 Å². The fourth-order valence-electron chi connectivity index (χ4n) is 3.89. The average Bonchev–Trinajstić information content (AvgIpc) is 3.00. The smallest absolute Gasteiger partial charge is 0.167 e. The first-order valence-electron chi connectivity index (χ1n) is 14.3. The zero-order valence-electron chi connectivity index (χ0n) is 25.6. The van der Waals surface area contributed by atoms with E-state index in [1.807, 2.05) is 6.92 Å². The van der Waals surface area contributed by atoms with Crippen LogP contribution in [0.5, 0.6) is 34.5 Å². The van der Waals surface area contributed by atoms with E-state index in [-0.39, 0.29) is 46.0 Å². The van der Waals surface area contributed by atoms with Crippen LogP contribution in [0.2, 0.25) is 0 Å². The molecule has 0 saturated carbocycles. The fraction of sp³-hybridized carbons (Fsp3) is 0.333. The first-order chi connectivity index (χ1) is 21.2. The van der Waals surface area contributed by atoms with Gasteiger partial charge in [0.25, 0.3) is 0 Å². The lowest BCUT2D eigenvalue weighted by atomic mass is 10.1. The highest BCUT2D eigenvalue weighted by Gasteiger charge is 2.19. The summed E-state index contributed by atoms with van der Waals surface area (Å²) in [5, 5.41) is 32.5. The molecule has 0 spiro atoms. The van der Waals surface area contributed by atoms with Crippen molar-refractivity contribution in [2.45, 2.75) is 46.1 Å². The van der Waals surface area contributed by atoms with E-state index in [4.69, 9.17) is 14.2 Å². The monoisotopic (exact) mass is 605 g/mol. The van der Waals surface area contributed by atoms with Crippen LogP contribution in [0.1, 0.15) is 40.0 Å². The molecule has 234 valence electrons. The Labute approximate surface area is 257 Å². The fourth-order valence-corrected chi connectivity index (χ4v) is 3.89. The van der Waals surface area contributed by atoms with Gasteiger partial charge in [-0.25, -0.2) is 15.0 Å². The van der Waals surface area contributed by atoms with Crippen LogP contribution in [-0.2, 0) is 9.53 Å². The second kappa shape index (κ2) is 16.7. The van der Waals surface area contributed by atoms with E-state index in [0.29, 0.717) is 42.1 Å². The Morgan fingerprint density at radius 2 is 1.09 bits per heavy atom. The summed E-state index contributed by atoms with van der Waals surface area (Å²) in [4.78, 5) is 24.6. The van der Waals surface area contributed by atoms with Crippen molar-refractivity contribution < 1.29 is 39.1 Å². The molecule has 3 N–H and O–H groups in total. The zero-order chi connectivity index (χ0) is 32.1. The third-order valence-electron chi connectivity index (χ3n) is 6.02. The zero-order valence-corrected chi connectivity index (χ0v) is 25.6. The van der Waals surface area contributed by atoms with E-state index in [9.17, 15) is 20.1 Å². The molecule has 1 atom stereocenters. The predicted octanol–water partition coefficient (Wildman–Crippen LogP) is 6.19. The van der Waals surface area contributed by atoms with Crippen LogP contribution in [0, 0.1) is 0 Å². The second-order valence-corrected chi connectivity index (χ2v) is 9.76. The van der Waals surface area contributed by atoms with Gasteiger partial charge in [-0.3, -0.25) is 4.79 Å². The highest BCUT2D eigenvalue weighted by atomic mass is 16.5. The molecule has 0 aliphatic carbocycles. The SMILES string of the molecule is CCCCOc1ccc(-c2nc(-c3ccc(OCCC)cc3O)nc(-c3ccc(OC(C)C=O)cc3O)n2)c(O)c1.COC. The third kappa shape index (κ3) is 9.05. The number of hydrogen-bond acceptors (Lipinski definition) is 11. The van der Waals surface area contributed by atoms with Gasteiger partial charge in [0.1, 0.15) is 34.5 Å². The van der Waals surface area contributed by atoms with Gasteiger partial charge >= 0.3 is 0 Å². The summed E-state index contributed by atoms with van der Waals surface area (Å²) in [6, 6.07) is 14.1. The second-order valence-electron chi connectivity index (χ2n) is 9.76. The maximum Gasteiger partial charge on any atom is 0.167 e. The van der Waals surface area contributed by atoms with Crippen LogP contribution < -0.4 is 14.2 Å². The number of hydrogen-bond donors (Lipinski definition) is 3. The molecule has 0 aliphatic heterocycles. The first-order valence-corrected chi connectivity index (χ1v) is 14.3. The highest BCUT2D eigenvalue weighted by molar-refractivity contribution is 5.74. The maximum absolute atomic E-state index is 11.0. The molecule has 11 heteroatoms. The lowest BCUT2D eigenvalue weighted by Crippen LogP contribution is -2.12. The molecule has 4 rings (SSSR count). The average molecular weight is 606 g/mol. The Balaban J connectivity index is 0.00000169. The lowest BCUT2D eigenvalue weighted by Gasteiger charge is -2.13. The van der Waals surface area contributed by atoms with Gasteiger partial charge < -0.3 is 34.3 Å². The number of aromatic hydroxyl groups is 3. The molecule has 0 fully saturated rings. The summed E-state index contributed by atoms with van der Waals surface area (Å²) >= 11 is 0. The molecule has 0 bridgehead atoms. The van der Waals surface area contributed by atoms with Crippen LogP contribution in [0.4, 0.5) is 0 Å². The summed E-state index contributed by atoms with van der Waals surface area (Å²) in [5.74, 6) is 1.20. The van der Waals surface area contributed by atoms with Crippen molar-refractivity contribution in [3.05, 3.63) is 54.6 Å². The molecule has 1 heterocycles. The molecule has 3 aromatic carbocycles. The van der Waals surface area contributed by atoms with E-state index < -0.39 is 6.10 Å².